The topological polar surface area (TPSA) is 82.3 Å². The smallest absolute Gasteiger partial charge is 0.340 e. The number of non-ortho nitro benzene ring substituents is 1. The van der Waals surface area contributed by atoms with Crippen molar-refractivity contribution in [1.82, 2.24) is 4.98 Å². The van der Waals surface area contributed by atoms with Crippen molar-refractivity contribution in [3.63, 3.8) is 0 Å². The van der Waals surface area contributed by atoms with Crippen molar-refractivity contribution in [2.45, 2.75) is 26.7 Å². The van der Waals surface area contributed by atoms with Gasteiger partial charge in [-0.2, -0.15) is 0 Å². The lowest BCUT2D eigenvalue weighted by Crippen LogP contribution is -2.13. The molecule has 0 aliphatic rings. The Balaban J connectivity index is 2.51. The van der Waals surface area contributed by atoms with Crippen LogP contribution in [0.5, 0.6) is 0 Å². The molecule has 0 unspecified atom stereocenters. The third-order valence-electron chi connectivity index (χ3n) is 4.29. The fraction of sp³-hybridized carbons (Fsp3) is 0.238. The number of esters is 1. The monoisotopic (exact) mass is 364 g/mol. The Morgan fingerprint density at radius 1 is 1.11 bits per heavy atom. The van der Waals surface area contributed by atoms with Gasteiger partial charge in [0.1, 0.15) is 0 Å². The summed E-state index contributed by atoms with van der Waals surface area (Å²) in [5.74, 6) is -0.507. The van der Waals surface area contributed by atoms with Crippen LogP contribution in [-0.2, 0) is 11.2 Å². The van der Waals surface area contributed by atoms with Crippen molar-refractivity contribution in [3.05, 3.63) is 69.9 Å². The van der Waals surface area contributed by atoms with Gasteiger partial charge in [0.15, 0.2) is 0 Å². The fourth-order valence-electron chi connectivity index (χ4n) is 3.23. The number of pyridine rings is 1. The van der Waals surface area contributed by atoms with Crippen LogP contribution >= 0.6 is 0 Å². The van der Waals surface area contributed by atoms with Crippen molar-refractivity contribution in [1.29, 1.82) is 0 Å². The lowest BCUT2D eigenvalue weighted by molar-refractivity contribution is -0.383. The second-order valence-electron chi connectivity index (χ2n) is 6.07. The second kappa shape index (κ2) is 7.95. The van der Waals surface area contributed by atoms with Gasteiger partial charge in [0.05, 0.1) is 33.7 Å². The minimum absolute atomic E-state index is 0.0764. The summed E-state index contributed by atoms with van der Waals surface area (Å²) in [6.45, 7) is 3.94. The molecule has 0 saturated carbocycles. The lowest BCUT2D eigenvalue weighted by atomic mass is 9.92. The highest BCUT2D eigenvalue weighted by molar-refractivity contribution is 6.10. The highest BCUT2D eigenvalue weighted by Crippen LogP contribution is 2.38. The number of aryl methyl sites for hydroxylation is 1. The molecule has 2 aromatic carbocycles. The van der Waals surface area contributed by atoms with Crippen LogP contribution in [0.25, 0.3) is 22.0 Å². The van der Waals surface area contributed by atoms with Crippen molar-refractivity contribution >= 4 is 22.6 Å². The van der Waals surface area contributed by atoms with Crippen LogP contribution < -0.4 is 0 Å². The van der Waals surface area contributed by atoms with Gasteiger partial charge in [0.25, 0.3) is 5.69 Å². The van der Waals surface area contributed by atoms with E-state index in [0.29, 0.717) is 34.1 Å². The van der Waals surface area contributed by atoms with Crippen molar-refractivity contribution in [2.75, 3.05) is 6.61 Å². The molecular weight excluding hydrogens is 344 g/mol. The lowest BCUT2D eigenvalue weighted by Gasteiger charge is -2.16. The van der Waals surface area contributed by atoms with E-state index >= 15 is 0 Å². The van der Waals surface area contributed by atoms with Crippen LogP contribution in [-0.4, -0.2) is 22.5 Å². The van der Waals surface area contributed by atoms with Crippen molar-refractivity contribution in [2.24, 2.45) is 0 Å². The molecule has 0 spiro atoms. The third kappa shape index (κ3) is 3.51. The van der Waals surface area contributed by atoms with Gasteiger partial charge in [-0.1, -0.05) is 49.7 Å². The molecule has 0 aliphatic carbocycles. The molecule has 138 valence electrons. The van der Waals surface area contributed by atoms with E-state index in [-0.39, 0.29) is 12.3 Å². The van der Waals surface area contributed by atoms with Gasteiger partial charge in [-0.3, -0.25) is 15.1 Å². The van der Waals surface area contributed by atoms with E-state index in [0.717, 1.165) is 12.0 Å². The third-order valence-corrected chi connectivity index (χ3v) is 4.29. The first kappa shape index (κ1) is 18.5. The molecule has 0 atom stereocenters. The van der Waals surface area contributed by atoms with E-state index in [1.807, 2.05) is 37.3 Å². The molecule has 1 heterocycles. The Morgan fingerprint density at radius 2 is 1.85 bits per heavy atom. The zero-order valence-corrected chi connectivity index (χ0v) is 15.3. The highest BCUT2D eigenvalue weighted by atomic mass is 16.6. The van der Waals surface area contributed by atoms with E-state index in [1.54, 1.807) is 19.1 Å². The molecule has 0 aliphatic heterocycles. The summed E-state index contributed by atoms with van der Waals surface area (Å²) in [6, 6.07) is 14.0. The number of hydrogen-bond acceptors (Lipinski definition) is 5. The summed E-state index contributed by atoms with van der Waals surface area (Å²) in [6.07, 6.45) is 1.36. The predicted molar refractivity (Wildman–Crippen MR) is 104 cm³/mol. The number of hydrogen-bond donors (Lipinski definition) is 0. The first-order valence-electron chi connectivity index (χ1n) is 8.91. The molecule has 0 bridgehead atoms. The maximum Gasteiger partial charge on any atom is 0.340 e. The molecule has 3 aromatic rings. The summed E-state index contributed by atoms with van der Waals surface area (Å²) >= 11 is 0. The largest absolute Gasteiger partial charge is 0.462 e. The first-order valence-corrected chi connectivity index (χ1v) is 8.91. The van der Waals surface area contributed by atoms with Gasteiger partial charge in [0, 0.05) is 11.6 Å². The summed E-state index contributed by atoms with van der Waals surface area (Å²) in [7, 11) is 0. The molecule has 0 N–H and O–H groups in total. The van der Waals surface area contributed by atoms with Crippen LogP contribution in [0.2, 0.25) is 0 Å². The van der Waals surface area contributed by atoms with Crippen LogP contribution in [0, 0.1) is 10.1 Å². The summed E-state index contributed by atoms with van der Waals surface area (Å²) in [5.41, 5.74) is 2.57. The first-order chi connectivity index (χ1) is 13.1. The Labute approximate surface area is 157 Å². The van der Waals surface area contributed by atoms with Gasteiger partial charge in [-0.25, -0.2) is 4.79 Å². The van der Waals surface area contributed by atoms with Crippen LogP contribution in [0.4, 0.5) is 5.69 Å². The number of benzene rings is 2. The molecule has 6 nitrogen and oxygen atoms in total. The van der Waals surface area contributed by atoms with Gasteiger partial charge in [-0.05, 0) is 25.0 Å². The standard InChI is InChI=1S/C21H20N2O4/c1-3-9-15-20(21(24)27-4-2)18(14-10-6-5-7-11-14)19-16(22-15)12-8-13-17(19)23(25)26/h5-8,10-13H,3-4,9H2,1-2H3. The van der Waals surface area contributed by atoms with Gasteiger partial charge < -0.3 is 4.74 Å². The average molecular weight is 364 g/mol. The molecule has 1 aromatic heterocycles. The van der Waals surface area contributed by atoms with E-state index in [1.165, 1.54) is 6.07 Å². The van der Waals surface area contributed by atoms with Gasteiger partial charge >= 0.3 is 5.97 Å². The zero-order chi connectivity index (χ0) is 19.4. The number of ether oxygens (including phenoxy) is 1. The van der Waals surface area contributed by atoms with E-state index in [9.17, 15) is 14.9 Å². The van der Waals surface area contributed by atoms with Crippen LogP contribution in [0.3, 0.4) is 0 Å². The second-order valence-corrected chi connectivity index (χ2v) is 6.07. The Bertz CT molecular complexity index is 1000. The molecule has 27 heavy (non-hydrogen) atoms. The molecule has 0 saturated heterocycles. The van der Waals surface area contributed by atoms with Crippen LogP contribution in [0.1, 0.15) is 36.3 Å². The minimum Gasteiger partial charge on any atom is -0.462 e. The number of carbonyl (C=O) groups is 1. The molecule has 0 fully saturated rings. The van der Waals surface area contributed by atoms with Crippen LogP contribution in [0.15, 0.2) is 48.5 Å². The zero-order valence-electron chi connectivity index (χ0n) is 15.3. The van der Waals surface area contributed by atoms with E-state index in [2.05, 4.69) is 4.98 Å². The normalized spacial score (nSPS) is 10.7. The molecule has 6 heteroatoms. The maximum absolute atomic E-state index is 12.8. The molecule has 0 radical (unpaired) electrons. The quantitative estimate of drug-likeness (QED) is 0.351. The van der Waals surface area contributed by atoms with Gasteiger partial charge in [-0.15, -0.1) is 0 Å². The SMILES string of the molecule is CCCc1nc2cccc([N+](=O)[O-])c2c(-c2ccccc2)c1C(=O)OCC. The van der Waals surface area contributed by atoms with Crippen molar-refractivity contribution in [3.8, 4) is 11.1 Å². The van der Waals surface area contributed by atoms with E-state index < -0.39 is 10.9 Å². The Kier molecular flexibility index (Phi) is 5.45. The molecule has 3 rings (SSSR count). The number of nitro groups is 1. The fourth-order valence-corrected chi connectivity index (χ4v) is 3.23. The summed E-state index contributed by atoms with van der Waals surface area (Å²) in [4.78, 5) is 28.7. The summed E-state index contributed by atoms with van der Waals surface area (Å²) < 4.78 is 5.28. The number of carbonyl (C=O) groups excluding carboxylic acids is 1. The number of fused-ring (bicyclic) bond motifs is 1. The maximum atomic E-state index is 12.8. The van der Waals surface area contributed by atoms with Gasteiger partial charge in [0.2, 0.25) is 0 Å². The Morgan fingerprint density at radius 3 is 2.48 bits per heavy atom. The number of rotatable bonds is 6. The minimum atomic E-state index is -0.507. The Hall–Kier alpha value is -3.28. The average Bonchev–Trinajstić information content (AvgIpc) is 2.67. The summed E-state index contributed by atoms with van der Waals surface area (Å²) in [5, 5.41) is 12.0. The number of nitro benzene ring substituents is 1. The molecular formula is C21H20N2O4. The number of nitrogens with zero attached hydrogens (tertiary/aromatic N) is 2. The molecule has 0 amide bonds. The predicted octanol–water partition coefficient (Wildman–Crippen LogP) is 4.94. The van der Waals surface area contributed by atoms with E-state index in [4.69, 9.17) is 4.74 Å². The van der Waals surface area contributed by atoms with Crippen molar-refractivity contribution < 1.29 is 14.5 Å². The number of aromatic nitrogens is 1. The highest BCUT2D eigenvalue weighted by Gasteiger charge is 2.27.